The van der Waals surface area contributed by atoms with Crippen molar-refractivity contribution in [2.45, 2.75) is 37.8 Å². The van der Waals surface area contributed by atoms with Gasteiger partial charge in [0.25, 0.3) is 0 Å². The van der Waals surface area contributed by atoms with Gasteiger partial charge < -0.3 is 10.4 Å². The molecule has 4 nitrogen and oxygen atoms in total. The average molecular weight is 271 g/mol. The Balaban J connectivity index is 1.55. The molecular formula is C16H21N3O. The van der Waals surface area contributed by atoms with Gasteiger partial charge in [-0.25, -0.2) is 0 Å². The molecule has 0 bridgehead atoms. The van der Waals surface area contributed by atoms with Crippen LogP contribution >= 0.6 is 0 Å². The first kappa shape index (κ1) is 13.3. The molecule has 1 aliphatic rings. The summed E-state index contributed by atoms with van der Waals surface area (Å²) in [5, 5.41) is 21.0. The number of nitrogens with zero attached hydrogens (tertiary/aromatic N) is 1. The normalized spacial score (nSPS) is 17.4. The second-order valence-corrected chi connectivity index (χ2v) is 5.68. The van der Waals surface area contributed by atoms with Crippen LogP contribution in [-0.4, -0.2) is 27.4 Å². The number of aromatic amines is 1. The number of aromatic nitrogens is 2. The van der Waals surface area contributed by atoms with E-state index in [1.807, 2.05) is 18.2 Å². The van der Waals surface area contributed by atoms with Crippen LogP contribution in [-0.2, 0) is 6.54 Å². The number of benzene rings is 1. The molecule has 0 atom stereocenters. The zero-order valence-electron chi connectivity index (χ0n) is 11.6. The summed E-state index contributed by atoms with van der Waals surface area (Å²) in [5.74, 6) is 0. The molecule has 1 aromatic carbocycles. The van der Waals surface area contributed by atoms with E-state index in [1.54, 1.807) is 0 Å². The molecule has 0 aliphatic heterocycles. The van der Waals surface area contributed by atoms with Crippen molar-refractivity contribution in [1.29, 1.82) is 0 Å². The fourth-order valence-corrected chi connectivity index (χ4v) is 2.85. The summed E-state index contributed by atoms with van der Waals surface area (Å²) in [6.07, 6.45) is 4.11. The minimum Gasteiger partial charge on any atom is -0.389 e. The van der Waals surface area contributed by atoms with Crippen LogP contribution < -0.4 is 5.32 Å². The van der Waals surface area contributed by atoms with Gasteiger partial charge in [0, 0.05) is 24.3 Å². The molecule has 1 fully saturated rings. The third kappa shape index (κ3) is 3.08. The molecule has 3 N–H and O–H groups in total. The van der Waals surface area contributed by atoms with Gasteiger partial charge >= 0.3 is 0 Å². The first-order valence-corrected chi connectivity index (χ1v) is 7.28. The van der Waals surface area contributed by atoms with Crippen LogP contribution in [0, 0.1) is 0 Å². The molecule has 0 saturated heterocycles. The van der Waals surface area contributed by atoms with Crippen LogP contribution in [0.2, 0.25) is 0 Å². The summed E-state index contributed by atoms with van der Waals surface area (Å²) in [6.45, 7) is 1.37. The van der Waals surface area contributed by atoms with Crippen molar-refractivity contribution in [3.8, 4) is 11.3 Å². The van der Waals surface area contributed by atoms with E-state index in [4.69, 9.17) is 0 Å². The average Bonchev–Trinajstić information content (AvgIpc) is 3.10. The fourth-order valence-electron chi connectivity index (χ4n) is 2.85. The molecule has 106 valence electrons. The first-order chi connectivity index (χ1) is 9.75. The van der Waals surface area contributed by atoms with Crippen molar-refractivity contribution in [3.05, 3.63) is 42.1 Å². The van der Waals surface area contributed by atoms with Crippen molar-refractivity contribution >= 4 is 0 Å². The third-order valence-electron chi connectivity index (χ3n) is 4.00. The number of H-pyrrole nitrogens is 1. The molecule has 0 spiro atoms. The Morgan fingerprint density at radius 1 is 1.20 bits per heavy atom. The standard InChI is InChI=1S/C16H21N3O/c20-16(8-4-5-9-16)12-17-11-14-10-15(19-18-14)13-6-2-1-3-7-13/h1-3,6-7,10,17,20H,4-5,8-9,11-12H2,(H,18,19). The molecule has 1 aromatic heterocycles. The monoisotopic (exact) mass is 271 g/mol. The summed E-state index contributed by atoms with van der Waals surface area (Å²) in [4.78, 5) is 0. The van der Waals surface area contributed by atoms with Gasteiger partial charge in [-0.2, -0.15) is 5.10 Å². The van der Waals surface area contributed by atoms with E-state index < -0.39 is 5.60 Å². The zero-order valence-corrected chi connectivity index (χ0v) is 11.6. The molecule has 0 radical (unpaired) electrons. The van der Waals surface area contributed by atoms with Gasteiger partial charge in [0.1, 0.15) is 0 Å². The molecule has 2 aromatic rings. The molecule has 3 rings (SSSR count). The van der Waals surface area contributed by atoms with Crippen molar-refractivity contribution in [1.82, 2.24) is 15.5 Å². The van der Waals surface area contributed by atoms with E-state index in [2.05, 4.69) is 33.7 Å². The Morgan fingerprint density at radius 2 is 1.95 bits per heavy atom. The fraction of sp³-hybridized carbons (Fsp3) is 0.438. The van der Waals surface area contributed by atoms with Crippen LogP contribution in [0.25, 0.3) is 11.3 Å². The highest BCUT2D eigenvalue weighted by Gasteiger charge is 2.30. The van der Waals surface area contributed by atoms with Crippen molar-refractivity contribution in [2.75, 3.05) is 6.54 Å². The van der Waals surface area contributed by atoms with E-state index in [0.29, 0.717) is 13.1 Å². The Kier molecular flexibility index (Phi) is 3.85. The second-order valence-electron chi connectivity index (χ2n) is 5.68. The Morgan fingerprint density at radius 3 is 2.70 bits per heavy atom. The number of aliphatic hydroxyl groups is 1. The molecular weight excluding hydrogens is 250 g/mol. The smallest absolute Gasteiger partial charge is 0.0924 e. The van der Waals surface area contributed by atoms with Crippen molar-refractivity contribution in [2.24, 2.45) is 0 Å². The van der Waals surface area contributed by atoms with Gasteiger partial charge in [-0.05, 0) is 18.9 Å². The van der Waals surface area contributed by atoms with Crippen molar-refractivity contribution in [3.63, 3.8) is 0 Å². The lowest BCUT2D eigenvalue weighted by atomic mass is 10.0. The number of nitrogens with one attached hydrogen (secondary N) is 2. The summed E-state index contributed by atoms with van der Waals surface area (Å²) < 4.78 is 0. The van der Waals surface area contributed by atoms with Gasteiger partial charge in [0.05, 0.1) is 11.3 Å². The van der Waals surface area contributed by atoms with E-state index in [0.717, 1.165) is 42.6 Å². The van der Waals surface area contributed by atoms with Crippen LogP contribution in [0.4, 0.5) is 0 Å². The third-order valence-corrected chi connectivity index (χ3v) is 4.00. The Labute approximate surface area is 119 Å². The van der Waals surface area contributed by atoms with E-state index in [-0.39, 0.29) is 0 Å². The lowest BCUT2D eigenvalue weighted by molar-refractivity contribution is 0.0474. The Hall–Kier alpha value is -1.65. The molecule has 1 heterocycles. The van der Waals surface area contributed by atoms with Crippen LogP contribution in [0.5, 0.6) is 0 Å². The lowest BCUT2D eigenvalue weighted by Crippen LogP contribution is -2.37. The predicted octanol–water partition coefficient (Wildman–Crippen LogP) is 2.47. The predicted molar refractivity (Wildman–Crippen MR) is 79.1 cm³/mol. The minimum absolute atomic E-state index is 0.498. The lowest BCUT2D eigenvalue weighted by Gasteiger charge is -2.22. The highest BCUT2D eigenvalue weighted by atomic mass is 16.3. The highest BCUT2D eigenvalue weighted by molar-refractivity contribution is 5.58. The number of hydrogen-bond donors (Lipinski definition) is 3. The van der Waals surface area contributed by atoms with E-state index in [9.17, 15) is 5.11 Å². The quantitative estimate of drug-likeness (QED) is 0.783. The molecule has 20 heavy (non-hydrogen) atoms. The molecule has 0 amide bonds. The summed E-state index contributed by atoms with van der Waals surface area (Å²) in [5.41, 5.74) is 2.62. The second kappa shape index (κ2) is 5.77. The maximum Gasteiger partial charge on any atom is 0.0924 e. The molecule has 0 unspecified atom stereocenters. The van der Waals surface area contributed by atoms with Gasteiger partial charge in [0.2, 0.25) is 0 Å². The van der Waals surface area contributed by atoms with Gasteiger partial charge in [-0.15, -0.1) is 0 Å². The van der Waals surface area contributed by atoms with Crippen LogP contribution in [0.1, 0.15) is 31.4 Å². The SMILES string of the molecule is OC1(CNCc2cc(-c3ccccc3)n[nH]2)CCCC1. The Bertz CT molecular complexity index is 544. The molecule has 1 saturated carbocycles. The molecule has 1 aliphatic carbocycles. The topological polar surface area (TPSA) is 60.9 Å². The highest BCUT2D eigenvalue weighted by Crippen LogP contribution is 2.28. The maximum atomic E-state index is 10.3. The van der Waals surface area contributed by atoms with Gasteiger partial charge in [-0.1, -0.05) is 43.2 Å². The van der Waals surface area contributed by atoms with E-state index in [1.165, 1.54) is 0 Å². The largest absolute Gasteiger partial charge is 0.389 e. The van der Waals surface area contributed by atoms with E-state index >= 15 is 0 Å². The number of hydrogen-bond acceptors (Lipinski definition) is 3. The molecule has 4 heteroatoms. The summed E-state index contributed by atoms with van der Waals surface area (Å²) in [7, 11) is 0. The zero-order chi connectivity index (χ0) is 13.8. The maximum absolute atomic E-state index is 10.3. The summed E-state index contributed by atoms with van der Waals surface area (Å²) >= 11 is 0. The van der Waals surface area contributed by atoms with Crippen LogP contribution in [0.15, 0.2) is 36.4 Å². The van der Waals surface area contributed by atoms with Crippen molar-refractivity contribution < 1.29 is 5.11 Å². The van der Waals surface area contributed by atoms with Gasteiger partial charge in [-0.3, -0.25) is 5.10 Å². The van der Waals surface area contributed by atoms with Gasteiger partial charge in [0.15, 0.2) is 0 Å². The minimum atomic E-state index is -0.498. The summed E-state index contributed by atoms with van der Waals surface area (Å²) in [6, 6.07) is 12.2. The van der Waals surface area contributed by atoms with Crippen LogP contribution in [0.3, 0.4) is 0 Å². The number of rotatable bonds is 5. The first-order valence-electron chi connectivity index (χ1n) is 7.28.